The van der Waals surface area contributed by atoms with Gasteiger partial charge in [-0.25, -0.2) is 8.78 Å². The van der Waals surface area contributed by atoms with Crippen LogP contribution in [0.25, 0.3) is 10.9 Å². The molecule has 0 spiro atoms. The third kappa shape index (κ3) is 2.69. The third-order valence-corrected chi connectivity index (χ3v) is 4.26. The van der Waals surface area contributed by atoms with Crippen LogP contribution in [-0.4, -0.2) is 15.4 Å². The second-order valence-corrected chi connectivity index (χ2v) is 6.08. The Hall–Kier alpha value is -2.72. The molecule has 3 rings (SSSR count). The topological polar surface area (TPSA) is 65.9 Å². The van der Waals surface area contributed by atoms with Crippen LogP contribution in [0.4, 0.5) is 8.78 Å². The maximum Gasteiger partial charge on any atom is 0.179 e. The Balaban J connectivity index is 2.16. The second-order valence-electron chi connectivity index (χ2n) is 4.77. The molecule has 1 N–H and O–H groups in total. The summed E-state index contributed by atoms with van der Waals surface area (Å²) >= 11 is 0. The van der Waals surface area contributed by atoms with Crippen molar-refractivity contribution in [2.75, 3.05) is 6.26 Å². The van der Waals surface area contributed by atoms with Gasteiger partial charge in [-0.2, -0.15) is 5.26 Å². The Bertz CT molecular complexity index is 976. The number of fused-ring (bicyclic) bond motifs is 1. The van der Waals surface area contributed by atoms with Crippen molar-refractivity contribution in [1.82, 2.24) is 4.98 Å². The van der Waals surface area contributed by atoms with Crippen LogP contribution >= 0.6 is 0 Å². The Morgan fingerprint density at radius 3 is 2.70 bits per heavy atom. The molecular weight excluding hydrogens is 322 g/mol. The first-order valence-corrected chi connectivity index (χ1v) is 8.07. The quantitative estimate of drug-likeness (QED) is 0.792. The standard InChI is InChI=1S/C16H10F2N2O2S/c1-23(21)16-11-4-5-20-14(11)7-13(18)15(16)22-10-2-3-12(17)9(6-10)8-19/h2-7,20H,1H3. The fourth-order valence-corrected chi connectivity index (χ4v) is 3.16. The molecule has 0 aliphatic carbocycles. The zero-order chi connectivity index (χ0) is 16.6. The number of H-pyrrole nitrogens is 1. The number of benzene rings is 2. The molecule has 3 aromatic rings. The fraction of sp³-hybridized carbons (Fsp3) is 0.0625. The van der Waals surface area contributed by atoms with E-state index >= 15 is 0 Å². The SMILES string of the molecule is CS(=O)c1c(Oc2ccc(F)c(C#N)c2)c(F)cc2[nH]ccc12. The lowest BCUT2D eigenvalue weighted by Gasteiger charge is -2.12. The van der Waals surface area contributed by atoms with Crippen molar-refractivity contribution in [2.24, 2.45) is 0 Å². The molecule has 0 aliphatic rings. The molecule has 0 saturated carbocycles. The molecule has 1 atom stereocenters. The number of nitrogens with zero attached hydrogens (tertiary/aromatic N) is 1. The normalized spacial score (nSPS) is 12.1. The predicted octanol–water partition coefficient (Wildman–Crippen LogP) is 3.85. The molecule has 1 unspecified atom stereocenters. The van der Waals surface area contributed by atoms with Crippen LogP contribution < -0.4 is 4.74 Å². The molecule has 0 aliphatic heterocycles. The van der Waals surface area contributed by atoms with Gasteiger partial charge in [-0.05, 0) is 18.2 Å². The minimum atomic E-state index is -1.51. The highest BCUT2D eigenvalue weighted by atomic mass is 32.2. The number of rotatable bonds is 3. The van der Waals surface area contributed by atoms with E-state index in [2.05, 4.69) is 4.98 Å². The highest BCUT2D eigenvalue weighted by Gasteiger charge is 2.20. The molecule has 0 fully saturated rings. The van der Waals surface area contributed by atoms with Gasteiger partial charge in [0.25, 0.3) is 0 Å². The summed E-state index contributed by atoms with van der Waals surface area (Å²) in [4.78, 5) is 3.05. The lowest BCUT2D eigenvalue weighted by molar-refractivity contribution is 0.430. The van der Waals surface area contributed by atoms with Crippen molar-refractivity contribution < 1.29 is 17.7 Å². The van der Waals surface area contributed by atoms with Crippen molar-refractivity contribution in [3.63, 3.8) is 0 Å². The molecule has 0 amide bonds. The average Bonchev–Trinajstić information content (AvgIpc) is 2.96. The summed E-state index contributed by atoms with van der Waals surface area (Å²) in [6, 6.07) is 8.09. The van der Waals surface area contributed by atoms with Crippen LogP contribution in [0.2, 0.25) is 0 Å². The number of aromatic amines is 1. The van der Waals surface area contributed by atoms with Crippen LogP contribution in [0.1, 0.15) is 5.56 Å². The number of aromatic nitrogens is 1. The van der Waals surface area contributed by atoms with Crippen LogP contribution in [0.5, 0.6) is 11.5 Å². The van der Waals surface area contributed by atoms with Gasteiger partial charge in [-0.15, -0.1) is 0 Å². The average molecular weight is 332 g/mol. The van der Waals surface area contributed by atoms with Crippen molar-refractivity contribution in [3.05, 3.63) is 53.7 Å². The number of nitriles is 1. The largest absolute Gasteiger partial charge is 0.453 e. The van der Waals surface area contributed by atoms with Gasteiger partial charge in [0.05, 0.1) is 21.3 Å². The number of nitrogens with one attached hydrogen (secondary N) is 1. The second kappa shape index (κ2) is 5.82. The first-order chi connectivity index (χ1) is 11.0. The van der Waals surface area contributed by atoms with E-state index in [1.54, 1.807) is 18.3 Å². The lowest BCUT2D eigenvalue weighted by atomic mass is 10.2. The Kier molecular flexibility index (Phi) is 3.84. The van der Waals surface area contributed by atoms with Crippen LogP contribution in [0.3, 0.4) is 0 Å². The Morgan fingerprint density at radius 1 is 1.22 bits per heavy atom. The molecular formula is C16H10F2N2O2S. The van der Waals surface area contributed by atoms with E-state index in [1.165, 1.54) is 24.5 Å². The molecule has 23 heavy (non-hydrogen) atoms. The number of ether oxygens (including phenoxy) is 1. The summed E-state index contributed by atoms with van der Waals surface area (Å²) < 4.78 is 45.2. The zero-order valence-electron chi connectivity index (χ0n) is 11.9. The minimum absolute atomic E-state index is 0.0865. The van der Waals surface area contributed by atoms with Gasteiger partial charge in [0, 0.05) is 35.5 Å². The van der Waals surface area contributed by atoms with E-state index in [0.717, 1.165) is 6.07 Å². The summed E-state index contributed by atoms with van der Waals surface area (Å²) in [5.41, 5.74) is 0.279. The molecule has 0 saturated heterocycles. The summed E-state index contributed by atoms with van der Waals surface area (Å²) in [7, 11) is -1.51. The van der Waals surface area contributed by atoms with Gasteiger partial charge in [0.1, 0.15) is 17.6 Å². The van der Waals surface area contributed by atoms with Crippen molar-refractivity contribution in [1.29, 1.82) is 5.26 Å². The van der Waals surface area contributed by atoms with Gasteiger partial charge < -0.3 is 9.72 Å². The van der Waals surface area contributed by atoms with Gasteiger partial charge in [0.2, 0.25) is 0 Å². The maximum absolute atomic E-state index is 14.3. The molecule has 2 aromatic carbocycles. The molecule has 1 aromatic heterocycles. The first kappa shape index (κ1) is 15.2. The molecule has 0 bridgehead atoms. The summed E-state index contributed by atoms with van der Waals surface area (Å²) in [5.74, 6) is -1.51. The fourth-order valence-electron chi connectivity index (χ4n) is 2.27. The van der Waals surface area contributed by atoms with Crippen molar-refractivity contribution >= 4 is 21.7 Å². The number of halogens is 2. The third-order valence-electron chi connectivity index (χ3n) is 3.28. The monoisotopic (exact) mass is 332 g/mol. The summed E-state index contributed by atoms with van der Waals surface area (Å²) in [5, 5.41) is 9.42. The van der Waals surface area contributed by atoms with Crippen LogP contribution in [-0.2, 0) is 10.8 Å². The number of hydrogen-bond donors (Lipinski definition) is 1. The molecule has 0 radical (unpaired) electrons. The highest BCUT2D eigenvalue weighted by molar-refractivity contribution is 7.84. The summed E-state index contributed by atoms with van der Waals surface area (Å²) in [6.45, 7) is 0. The van der Waals surface area contributed by atoms with E-state index in [4.69, 9.17) is 10.00 Å². The number of hydrogen-bond acceptors (Lipinski definition) is 3. The predicted molar refractivity (Wildman–Crippen MR) is 81.8 cm³/mol. The lowest BCUT2D eigenvalue weighted by Crippen LogP contribution is -1.98. The highest BCUT2D eigenvalue weighted by Crippen LogP contribution is 2.36. The molecule has 1 heterocycles. The maximum atomic E-state index is 14.3. The van der Waals surface area contributed by atoms with Gasteiger partial charge in [-0.1, -0.05) is 0 Å². The van der Waals surface area contributed by atoms with E-state index in [9.17, 15) is 13.0 Å². The van der Waals surface area contributed by atoms with E-state index < -0.39 is 22.4 Å². The van der Waals surface area contributed by atoms with E-state index in [0.29, 0.717) is 10.9 Å². The van der Waals surface area contributed by atoms with Crippen molar-refractivity contribution in [2.45, 2.75) is 4.90 Å². The van der Waals surface area contributed by atoms with Gasteiger partial charge >= 0.3 is 0 Å². The Morgan fingerprint density at radius 2 is 2.00 bits per heavy atom. The minimum Gasteiger partial charge on any atom is -0.453 e. The molecule has 7 heteroatoms. The van der Waals surface area contributed by atoms with Crippen LogP contribution in [0.15, 0.2) is 41.4 Å². The van der Waals surface area contributed by atoms with Gasteiger partial charge in [0.15, 0.2) is 11.6 Å². The van der Waals surface area contributed by atoms with Crippen molar-refractivity contribution in [3.8, 4) is 17.6 Å². The zero-order valence-corrected chi connectivity index (χ0v) is 12.7. The van der Waals surface area contributed by atoms with E-state index in [-0.39, 0.29) is 22.0 Å². The molecule has 116 valence electrons. The Labute approximate surface area is 132 Å². The first-order valence-electron chi connectivity index (χ1n) is 6.51. The molecule has 4 nitrogen and oxygen atoms in total. The smallest absolute Gasteiger partial charge is 0.179 e. The van der Waals surface area contributed by atoms with Crippen LogP contribution in [0, 0.1) is 23.0 Å². The van der Waals surface area contributed by atoms with Gasteiger partial charge in [-0.3, -0.25) is 4.21 Å². The summed E-state index contributed by atoms with van der Waals surface area (Å²) in [6.07, 6.45) is 3.02. The van der Waals surface area contributed by atoms with E-state index in [1.807, 2.05) is 0 Å².